The predicted octanol–water partition coefficient (Wildman–Crippen LogP) is 4.01. The van der Waals surface area contributed by atoms with Crippen molar-refractivity contribution < 1.29 is 9.90 Å². The van der Waals surface area contributed by atoms with Gasteiger partial charge in [-0.3, -0.25) is 0 Å². The Balaban J connectivity index is 0.000000187. The van der Waals surface area contributed by atoms with Crippen LogP contribution >= 0.6 is 0 Å². The van der Waals surface area contributed by atoms with E-state index in [2.05, 4.69) is 6.58 Å². The number of carbonyl (C=O) groups is 1. The molecule has 92 valence electrons. The monoisotopic (exact) mass is 224 g/mol. The number of carboxylic acid groups (broad SMARTS) is 1. The van der Waals surface area contributed by atoms with Crippen LogP contribution in [0.15, 0.2) is 12.2 Å². The number of carboxylic acids is 1. The van der Waals surface area contributed by atoms with Crippen molar-refractivity contribution in [3.8, 4) is 0 Å². The standard InChI is InChI=1S/C10H18.C4H6O2/c1-2-6-9(5-1)10-7-3-4-8-10;1-3(2)4(5)6/h9-10H,1-8H2;1H2,2H3,(H,5,6). The molecule has 0 aromatic rings. The van der Waals surface area contributed by atoms with Gasteiger partial charge in [0, 0.05) is 5.57 Å². The number of aliphatic carboxylic acids is 1. The van der Waals surface area contributed by atoms with Crippen molar-refractivity contribution in [3.63, 3.8) is 0 Å². The Bertz CT molecular complexity index is 207. The molecule has 2 rings (SSSR count). The van der Waals surface area contributed by atoms with Gasteiger partial charge < -0.3 is 5.11 Å². The molecule has 1 N–H and O–H groups in total. The predicted molar refractivity (Wildman–Crippen MR) is 66.4 cm³/mol. The van der Waals surface area contributed by atoms with Crippen molar-refractivity contribution in [2.24, 2.45) is 11.8 Å². The zero-order chi connectivity index (χ0) is 12.0. The Labute approximate surface area is 98.7 Å². The smallest absolute Gasteiger partial charge is 0.330 e. The average Bonchev–Trinajstić information content (AvgIpc) is 2.91. The van der Waals surface area contributed by atoms with Crippen molar-refractivity contribution in [2.75, 3.05) is 0 Å². The van der Waals surface area contributed by atoms with Gasteiger partial charge in [-0.1, -0.05) is 57.9 Å². The number of rotatable bonds is 2. The topological polar surface area (TPSA) is 37.3 Å². The van der Waals surface area contributed by atoms with Crippen LogP contribution in [-0.2, 0) is 4.79 Å². The fourth-order valence-corrected chi connectivity index (χ4v) is 2.86. The van der Waals surface area contributed by atoms with Crippen LogP contribution in [0.2, 0.25) is 0 Å². The minimum Gasteiger partial charge on any atom is -0.478 e. The molecule has 0 spiro atoms. The van der Waals surface area contributed by atoms with Crippen LogP contribution < -0.4 is 0 Å². The normalized spacial score (nSPS) is 21.6. The summed E-state index contributed by atoms with van der Waals surface area (Å²) >= 11 is 0. The summed E-state index contributed by atoms with van der Waals surface area (Å²) in [5.41, 5.74) is 0.176. The number of hydrogen-bond acceptors (Lipinski definition) is 1. The summed E-state index contributed by atoms with van der Waals surface area (Å²) in [5, 5.41) is 7.89. The molecule has 2 saturated carbocycles. The zero-order valence-electron chi connectivity index (χ0n) is 10.4. The highest BCUT2D eigenvalue weighted by atomic mass is 16.4. The third kappa shape index (κ3) is 4.38. The van der Waals surface area contributed by atoms with E-state index in [1.807, 2.05) is 0 Å². The van der Waals surface area contributed by atoms with Crippen LogP contribution in [0.5, 0.6) is 0 Å². The van der Waals surface area contributed by atoms with Gasteiger partial charge in [-0.2, -0.15) is 0 Å². The second-order valence-corrected chi connectivity index (χ2v) is 5.17. The quantitative estimate of drug-likeness (QED) is 0.719. The van der Waals surface area contributed by atoms with Gasteiger partial charge in [-0.15, -0.1) is 0 Å². The van der Waals surface area contributed by atoms with E-state index in [0.29, 0.717) is 0 Å². The van der Waals surface area contributed by atoms with Crippen molar-refractivity contribution >= 4 is 5.97 Å². The van der Waals surface area contributed by atoms with Crippen LogP contribution in [0.25, 0.3) is 0 Å². The lowest BCUT2D eigenvalue weighted by Crippen LogP contribution is -2.06. The van der Waals surface area contributed by atoms with Gasteiger partial charge in [0.2, 0.25) is 0 Å². The fourth-order valence-electron chi connectivity index (χ4n) is 2.86. The van der Waals surface area contributed by atoms with E-state index < -0.39 is 5.97 Å². The summed E-state index contributed by atoms with van der Waals surface area (Å²) < 4.78 is 0. The van der Waals surface area contributed by atoms with E-state index in [4.69, 9.17) is 5.11 Å². The molecule has 0 bridgehead atoms. The van der Waals surface area contributed by atoms with Crippen molar-refractivity contribution in [3.05, 3.63) is 12.2 Å². The maximum Gasteiger partial charge on any atom is 0.330 e. The van der Waals surface area contributed by atoms with Crippen molar-refractivity contribution in [1.82, 2.24) is 0 Å². The largest absolute Gasteiger partial charge is 0.478 e. The minimum absolute atomic E-state index is 0.176. The van der Waals surface area contributed by atoms with E-state index in [9.17, 15) is 4.79 Å². The third-order valence-electron chi connectivity index (χ3n) is 3.83. The summed E-state index contributed by atoms with van der Waals surface area (Å²) in [6.07, 6.45) is 12.4. The molecule has 2 aliphatic carbocycles. The summed E-state index contributed by atoms with van der Waals surface area (Å²) in [6, 6.07) is 0. The first-order chi connectivity index (χ1) is 7.61. The lowest BCUT2D eigenvalue weighted by molar-refractivity contribution is -0.132. The van der Waals surface area contributed by atoms with Gasteiger partial charge in [-0.25, -0.2) is 4.79 Å². The maximum absolute atomic E-state index is 9.60. The Morgan fingerprint density at radius 3 is 1.44 bits per heavy atom. The highest BCUT2D eigenvalue weighted by molar-refractivity contribution is 5.84. The molecule has 0 radical (unpaired) electrons. The van der Waals surface area contributed by atoms with Crippen molar-refractivity contribution in [2.45, 2.75) is 58.3 Å². The van der Waals surface area contributed by atoms with E-state index >= 15 is 0 Å². The second-order valence-electron chi connectivity index (χ2n) is 5.17. The average molecular weight is 224 g/mol. The molecule has 2 fully saturated rings. The molecule has 0 aliphatic heterocycles. The van der Waals surface area contributed by atoms with E-state index in [0.717, 1.165) is 11.8 Å². The molecule has 0 aromatic heterocycles. The lowest BCUT2D eigenvalue weighted by atomic mass is 9.90. The Morgan fingerprint density at radius 2 is 1.25 bits per heavy atom. The third-order valence-corrected chi connectivity index (χ3v) is 3.83. The number of hydrogen-bond donors (Lipinski definition) is 1. The Morgan fingerprint density at radius 1 is 1.00 bits per heavy atom. The first-order valence-electron chi connectivity index (χ1n) is 6.50. The summed E-state index contributed by atoms with van der Waals surface area (Å²) in [7, 11) is 0. The van der Waals surface area contributed by atoms with Gasteiger partial charge >= 0.3 is 5.97 Å². The molecule has 16 heavy (non-hydrogen) atoms. The molecule has 2 heteroatoms. The molecule has 2 nitrogen and oxygen atoms in total. The molecule has 0 heterocycles. The highest BCUT2D eigenvalue weighted by Crippen LogP contribution is 2.39. The van der Waals surface area contributed by atoms with Crippen LogP contribution in [0.1, 0.15) is 58.3 Å². The lowest BCUT2D eigenvalue weighted by Gasteiger charge is -2.16. The molecule has 0 atom stereocenters. The van der Waals surface area contributed by atoms with Crippen LogP contribution in [-0.4, -0.2) is 11.1 Å². The molecule has 0 unspecified atom stereocenters. The second kappa shape index (κ2) is 6.72. The van der Waals surface area contributed by atoms with Gasteiger partial charge in [0.1, 0.15) is 0 Å². The molecular weight excluding hydrogens is 200 g/mol. The van der Waals surface area contributed by atoms with Crippen LogP contribution in [0.3, 0.4) is 0 Å². The highest BCUT2D eigenvalue weighted by Gasteiger charge is 2.26. The van der Waals surface area contributed by atoms with E-state index in [1.54, 1.807) is 25.7 Å². The van der Waals surface area contributed by atoms with Gasteiger partial charge in [0.15, 0.2) is 0 Å². The first-order valence-corrected chi connectivity index (χ1v) is 6.50. The molecule has 0 amide bonds. The van der Waals surface area contributed by atoms with Crippen LogP contribution in [0, 0.1) is 11.8 Å². The van der Waals surface area contributed by atoms with Gasteiger partial charge in [0.05, 0.1) is 0 Å². The van der Waals surface area contributed by atoms with Crippen molar-refractivity contribution in [1.29, 1.82) is 0 Å². The first kappa shape index (κ1) is 13.3. The molecule has 0 aromatic carbocycles. The SMILES string of the molecule is C1CCC(C2CCCC2)C1.C=C(C)C(=O)O. The summed E-state index contributed by atoms with van der Waals surface area (Å²) in [5.74, 6) is 1.37. The van der Waals surface area contributed by atoms with Gasteiger partial charge in [-0.05, 0) is 18.8 Å². The molecule has 0 saturated heterocycles. The summed E-state index contributed by atoms with van der Waals surface area (Å²) in [6.45, 7) is 4.60. The molecular formula is C14H24O2. The minimum atomic E-state index is -0.935. The Kier molecular flexibility index (Phi) is 5.58. The maximum atomic E-state index is 9.60. The van der Waals surface area contributed by atoms with Crippen LogP contribution in [0.4, 0.5) is 0 Å². The molecule has 2 aliphatic rings. The van der Waals surface area contributed by atoms with E-state index in [-0.39, 0.29) is 5.57 Å². The summed E-state index contributed by atoms with van der Waals surface area (Å²) in [4.78, 5) is 9.60. The fraction of sp³-hybridized carbons (Fsp3) is 0.786. The Hall–Kier alpha value is -0.790. The zero-order valence-corrected chi connectivity index (χ0v) is 10.4. The van der Waals surface area contributed by atoms with E-state index in [1.165, 1.54) is 32.6 Å². The van der Waals surface area contributed by atoms with Gasteiger partial charge in [0.25, 0.3) is 0 Å².